The van der Waals surface area contributed by atoms with Crippen molar-refractivity contribution in [1.29, 1.82) is 0 Å². The summed E-state index contributed by atoms with van der Waals surface area (Å²) in [7, 11) is 2.96. The minimum absolute atomic E-state index is 0.0720. The third kappa shape index (κ3) is 1.96. The van der Waals surface area contributed by atoms with Crippen LogP contribution in [-0.2, 0) is 11.4 Å². The van der Waals surface area contributed by atoms with Crippen molar-refractivity contribution in [3.63, 3.8) is 0 Å². The minimum atomic E-state index is -0.329. The zero-order chi connectivity index (χ0) is 12.3. The first-order valence-electron chi connectivity index (χ1n) is 4.79. The molecule has 0 radical (unpaired) electrons. The monoisotopic (exact) mass is 229 g/mol. The van der Waals surface area contributed by atoms with Gasteiger partial charge in [0.25, 0.3) is 0 Å². The molecule has 4 nitrogen and oxygen atoms in total. The Labute approximate surface area is 94.1 Å². The fraction of sp³-hybridized carbons (Fsp3) is 0.455. The molecule has 0 saturated heterocycles. The number of rotatable bonds is 4. The average molecular weight is 229 g/mol. The number of nitrogens with two attached hydrogens (primary N) is 1. The first-order valence-corrected chi connectivity index (χ1v) is 4.79. The summed E-state index contributed by atoms with van der Waals surface area (Å²) >= 11 is 0. The Morgan fingerprint density at radius 2 is 1.62 bits per heavy atom. The van der Waals surface area contributed by atoms with Gasteiger partial charge in [0.2, 0.25) is 0 Å². The van der Waals surface area contributed by atoms with Gasteiger partial charge in [-0.25, -0.2) is 10.3 Å². The first-order chi connectivity index (χ1) is 7.58. The van der Waals surface area contributed by atoms with E-state index >= 15 is 0 Å². The number of hydrogen-bond donors (Lipinski definition) is 1. The van der Waals surface area contributed by atoms with Crippen molar-refractivity contribution in [2.24, 2.45) is 5.90 Å². The van der Waals surface area contributed by atoms with E-state index in [0.29, 0.717) is 28.2 Å². The van der Waals surface area contributed by atoms with Crippen LogP contribution in [-0.4, -0.2) is 14.2 Å². The highest BCUT2D eigenvalue weighted by Crippen LogP contribution is 2.38. The van der Waals surface area contributed by atoms with E-state index in [0.717, 1.165) is 0 Å². The SMILES string of the molecule is COc1c(C)c(F)c(C)c(CON)c1OC. The number of methoxy groups -OCH3 is 2. The molecule has 5 heteroatoms. The Morgan fingerprint density at radius 1 is 1.06 bits per heavy atom. The molecule has 0 bridgehead atoms. The Morgan fingerprint density at radius 3 is 2.06 bits per heavy atom. The molecule has 0 aliphatic carbocycles. The summed E-state index contributed by atoms with van der Waals surface area (Å²) in [6, 6.07) is 0. The molecule has 16 heavy (non-hydrogen) atoms. The van der Waals surface area contributed by atoms with Gasteiger partial charge in [-0.15, -0.1) is 0 Å². The third-order valence-corrected chi connectivity index (χ3v) is 2.57. The molecule has 1 aromatic rings. The van der Waals surface area contributed by atoms with E-state index in [-0.39, 0.29) is 12.4 Å². The molecular formula is C11H16FNO3. The fourth-order valence-electron chi connectivity index (χ4n) is 1.71. The molecule has 90 valence electrons. The lowest BCUT2D eigenvalue weighted by Gasteiger charge is -2.17. The predicted molar refractivity (Wildman–Crippen MR) is 58.0 cm³/mol. The molecule has 2 N–H and O–H groups in total. The maximum atomic E-state index is 13.8. The summed E-state index contributed by atoms with van der Waals surface area (Å²) < 4.78 is 24.2. The normalized spacial score (nSPS) is 10.4. The van der Waals surface area contributed by atoms with Gasteiger partial charge in [-0.1, -0.05) is 0 Å². The Balaban J connectivity index is 3.51. The van der Waals surface area contributed by atoms with Crippen LogP contribution in [0.3, 0.4) is 0 Å². The Bertz CT molecular complexity index is 394. The highest BCUT2D eigenvalue weighted by atomic mass is 19.1. The van der Waals surface area contributed by atoms with Gasteiger partial charge in [0.15, 0.2) is 11.5 Å². The molecule has 1 rings (SSSR count). The van der Waals surface area contributed by atoms with E-state index in [2.05, 4.69) is 4.84 Å². The van der Waals surface area contributed by atoms with Gasteiger partial charge in [0.05, 0.1) is 20.8 Å². The van der Waals surface area contributed by atoms with Crippen LogP contribution < -0.4 is 15.4 Å². The van der Waals surface area contributed by atoms with Crippen molar-refractivity contribution in [2.45, 2.75) is 20.5 Å². The molecule has 0 aromatic heterocycles. The Kier molecular flexibility index (Phi) is 4.09. The lowest BCUT2D eigenvalue weighted by Crippen LogP contribution is -2.08. The third-order valence-electron chi connectivity index (χ3n) is 2.57. The van der Waals surface area contributed by atoms with Crippen LogP contribution in [0.15, 0.2) is 0 Å². The lowest BCUT2D eigenvalue weighted by molar-refractivity contribution is 0.121. The van der Waals surface area contributed by atoms with Gasteiger partial charge in [0.1, 0.15) is 5.82 Å². The van der Waals surface area contributed by atoms with E-state index < -0.39 is 0 Å². The van der Waals surface area contributed by atoms with Crippen LogP contribution in [0.25, 0.3) is 0 Å². The molecule has 0 atom stereocenters. The maximum absolute atomic E-state index is 13.8. The highest BCUT2D eigenvalue weighted by Gasteiger charge is 2.21. The quantitative estimate of drug-likeness (QED) is 0.800. The second kappa shape index (κ2) is 5.14. The summed E-state index contributed by atoms with van der Waals surface area (Å²) in [4.78, 5) is 4.54. The van der Waals surface area contributed by atoms with E-state index in [4.69, 9.17) is 15.4 Å². The number of benzene rings is 1. The molecule has 0 saturated carbocycles. The number of ether oxygens (including phenoxy) is 2. The summed E-state index contributed by atoms with van der Waals surface area (Å²) in [6.45, 7) is 3.36. The van der Waals surface area contributed by atoms with Gasteiger partial charge < -0.3 is 9.47 Å². The fourth-order valence-corrected chi connectivity index (χ4v) is 1.71. The van der Waals surface area contributed by atoms with Crippen molar-refractivity contribution in [2.75, 3.05) is 14.2 Å². The van der Waals surface area contributed by atoms with Crippen LogP contribution in [0.5, 0.6) is 11.5 Å². The second-order valence-corrected chi connectivity index (χ2v) is 3.42. The van der Waals surface area contributed by atoms with Gasteiger partial charge in [-0.05, 0) is 19.4 Å². The van der Waals surface area contributed by atoms with Crippen molar-refractivity contribution >= 4 is 0 Å². The highest BCUT2D eigenvalue weighted by molar-refractivity contribution is 5.55. The van der Waals surface area contributed by atoms with Gasteiger partial charge >= 0.3 is 0 Å². The van der Waals surface area contributed by atoms with Crippen LogP contribution in [0.1, 0.15) is 16.7 Å². The molecular weight excluding hydrogens is 213 g/mol. The van der Waals surface area contributed by atoms with E-state index in [9.17, 15) is 4.39 Å². The van der Waals surface area contributed by atoms with E-state index in [1.165, 1.54) is 14.2 Å². The van der Waals surface area contributed by atoms with Gasteiger partial charge in [-0.2, -0.15) is 0 Å². The summed E-state index contributed by atoms with van der Waals surface area (Å²) in [6.07, 6.45) is 0. The molecule has 0 aliphatic heterocycles. The van der Waals surface area contributed by atoms with Crippen molar-refractivity contribution in [1.82, 2.24) is 0 Å². The van der Waals surface area contributed by atoms with E-state index in [1.807, 2.05) is 0 Å². The smallest absolute Gasteiger partial charge is 0.167 e. The van der Waals surface area contributed by atoms with Crippen molar-refractivity contribution in [3.05, 3.63) is 22.5 Å². The molecule has 0 heterocycles. The van der Waals surface area contributed by atoms with Gasteiger partial charge in [-0.3, -0.25) is 4.84 Å². The summed E-state index contributed by atoms with van der Waals surface area (Å²) in [5.41, 5.74) is 1.43. The van der Waals surface area contributed by atoms with Crippen molar-refractivity contribution in [3.8, 4) is 11.5 Å². The average Bonchev–Trinajstić information content (AvgIpc) is 2.29. The molecule has 0 spiro atoms. The largest absolute Gasteiger partial charge is 0.492 e. The molecule has 0 unspecified atom stereocenters. The van der Waals surface area contributed by atoms with Crippen LogP contribution in [0.2, 0.25) is 0 Å². The summed E-state index contributed by atoms with van der Waals surface area (Å²) in [5, 5.41) is 0. The molecule has 1 aromatic carbocycles. The second-order valence-electron chi connectivity index (χ2n) is 3.42. The number of halogens is 1. The lowest BCUT2D eigenvalue weighted by atomic mass is 10.0. The van der Waals surface area contributed by atoms with Gasteiger partial charge in [0, 0.05) is 11.1 Å². The molecule has 0 amide bonds. The van der Waals surface area contributed by atoms with Crippen LogP contribution >= 0.6 is 0 Å². The molecule has 0 aliphatic rings. The Hall–Kier alpha value is -1.33. The van der Waals surface area contributed by atoms with Crippen LogP contribution in [0.4, 0.5) is 4.39 Å². The first kappa shape index (κ1) is 12.7. The molecule has 0 fully saturated rings. The minimum Gasteiger partial charge on any atom is -0.492 e. The van der Waals surface area contributed by atoms with Crippen LogP contribution in [0, 0.1) is 19.7 Å². The maximum Gasteiger partial charge on any atom is 0.167 e. The summed E-state index contributed by atoms with van der Waals surface area (Å²) in [5.74, 6) is 5.52. The van der Waals surface area contributed by atoms with Crippen molar-refractivity contribution < 1.29 is 18.7 Å². The predicted octanol–water partition coefficient (Wildman–Crippen LogP) is 1.85. The van der Waals surface area contributed by atoms with E-state index in [1.54, 1.807) is 13.8 Å². The topological polar surface area (TPSA) is 53.7 Å². The standard InChI is InChI=1S/C11H16FNO3/c1-6-8(5-16-13)11(15-4)10(14-3)7(2)9(6)12/h5,13H2,1-4H3. The number of hydrogen-bond acceptors (Lipinski definition) is 4. The zero-order valence-corrected chi connectivity index (χ0v) is 9.89. The zero-order valence-electron chi connectivity index (χ0n) is 9.89.